The summed E-state index contributed by atoms with van der Waals surface area (Å²) in [4.78, 5) is 19.6. The van der Waals surface area contributed by atoms with Crippen LogP contribution in [0.3, 0.4) is 0 Å². The van der Waals surface area contributed by atoms with E-state index in [0.29, 0.717) is 13.2 Å². The fourth-order valence-electron chi connectivity index (χ4n) is 3.43. The van der Waals surface area contributed by atoms with E-state index in [1.807, 2.05) is 61.1 Å². The number of aryl methyl sites for hydroxylation is 1. The van der Waals surface area contributed by atoms with E-state index >= 15 is 0 Å². The number of carboxylic acid groups (broad SMARTS) is 1. The number of fused-ring (bicyclic) bond motifs is 1. The second kappa shape index (κ2) is 8.95. The minimum absolute atomic E-state index is 0.0348. The molecule has 0 aliphatic rings. The van der Waals surface area contributed by atoms with Gasteiger partial charge in [-0.05, 0) is 42.2 Å². The van der Waals surface area contributed by atoms with Crippen LogP contribution in [-0.2, 0) is 17.9 Å². The van der Waals surface area contributed by atoms with Crippen molar-refractivity contribution in [1.82, 2.24) is 19.7 Å². The van der Waals surface area contributed by atoms with Crippen molar-refractivity contribution in [1.29, 1.82) is 0 Å². The fraction of sp³-hybridized carbons (Fsp3) is 0.250. The Hall–Kier alpha value is -3.74. The molecular weight excluding hydrogens is 392 g/mol. The first-order valence-corrected chi connectivity index (χ1v) is 10.1. The lowest BCUT2D eigenvalue weighted by Crippen LogP contribution is -2.05. The van der Waals surface area contributed by atoms with Gasteiger partial charge < -0.3 is 9.84 Å². The van der Waals surface area contributed by atoms with Crippen molar-refractivity contribution in [3.63, 3.8) is 0 Å². The van der Waals surface area contributed by atoms with Crippen molar-refractivity contribution in [3.8, 4) is 5.75 Å². The summed E-state index contributed by atoms with van der Waals surface area (Å²) in [5.74, 6) is -0.0841. The minimum atomic E-state index is -0.795. The number of ether oxygens (including phenoxy) is 1. The average Bonchev–Trinajstić information content (AvgIpc) is 3.16. The summed E-state index contributed by atoms with van der Waals surface area (Å²) in [5.41, 5.74) is 4.78. The van der Waals surface area contributed by atoms with Crippen LogP contribution in [0.2, 0.25) is 0 Å². The molecule has 0 radical (unpaired) electrons. The van der Waals surface area contributed by atoms with Gasteiger partial charge in [-0.1, -0.05) is 31.2 Å². The molecule has 2 heterocycles. The molecule has 0 aliphatic carbocycles. The van der Waals surface area contributed by atoms with Crippen molar-refractivity contribution in [2.24, 2.45) is 0 Å². The first kappa shape index (κ1) is 20.5. The normalized spacial score (nSPS) is 12.1. The molecule has 0 saturated heterocycles. The van der Waals surface area contributed by atoms with Crippen LogP contribution < -0.4 is 4.74 Å². The van der Waals surface area contributed by atoms with Crippen LogP contribution in [0, 0.1) is 6.92 Å². The molecule has 31 heavy (non-hydrogen) atoms. The molecule has 0 saturated carbocycles. The highest BCUT2D eigenvalue weighted by atomic mass is 16.5. The summed E-state index contributed by atoms with van der Waals surface area (Å²) in [6, 6.07) is 13.7. The van der Waals surface area contributed by atoms with E-state index in [2.05, 4.69) is 21.1 Å². The van der Waals surface area contributed by atoms with Gasteiger partial charge in [-0.25, -0.2) is 0 Å². The van der Waals surface area contributed by atoms with E-state index in [0.717, 1.165) is 39.2 Å². The molecule has 7 heteroatoms. The topological polar surface area (TPSA) is 90.1 Å². The highest BCUT2D eigenvalue weighted by Crippen LogP contribution is 2.23. The second-order valence-corrected chi connectivity index (χ2v) is 7.70. The van der Waals surface area contributed by atoms with E-state index in [1.165, 1.54) is 0 Å². The summed E-state index contributed by atoms with van der Waals surface area (Å²) < 4.78 is 7.85. The average molecular weight is 416 g/mol. The quantitative estimate of drug-likeness (QED) is 0.460. The molecule has 7 nitrogen and oxygen atoms in total. The Bertz CT molecular complexity index is 1180. The SMILES string of the molecule is Cc1cnc(Cn2ncc3ccc(COc4ccc(C(C)CC(=O)O)cc4)cc32)cn1. The Morgan fingerprint density at radius 2 is 1.90 bits per heavy atom. The number of hydrogen-bond donors (Lipinski definition) is 1. The van der Waals surface area contributed by atoms with Gasteiger partial charge in [0.05, 0.1) is 42.3 Å². The number of carbonyl (C=O) groups is 1. The molecule has 0 amide bonds. The Morgan fingerprint density at radius 3 is 2.61 bits per heavy atom. The number of aromatic nitrogens is 4. The van der Waals surface area contributed by atoms with Crippen molar-refractivity contribution < 1.29 is 14.6 Å². The highest BCUT2D eigenvalue weighted by molar-refractivity contribution is 5.79. The molecule has 1 atom stereocenters. The Kier molecular flexibility index (Phi) is 5.93. The zero-order valence-electron chi connectivity index (χ0n) is 17.5. The van der Waals surface area contributed by atoms with Crippen LogP contribution in [0.4, 0.5) is 0 Å². The van der Waals surface area contributed by atoms with Crippen LogP contribution in [0.25, 0.3) is 10.9 Å². The van der Waals surface area contributed by atoms with Crippen molar-refractivity contribution >= 4 is 16.9 Å². The highest BCUT2D eigenvalue weighted by Gasteiger charge is 2.10. The van der Waals surface area contributed by atoms with Crippen molar-refractivity contribution in [2.45, 2.75) is 39.3 Å². The molecule has 0 aliphatic heterocycles. The molecule has 2 aromatic heterocycles. The molecule has 4 aromatic rings. The lowest BCUT2D eigenvalue weighted by atomic mass is 9.98. The van der Waals surface area contributed by atoms with Gasteiger partial charge in [0.1, 0.15) is 12.4 Å². The lowest BCUT2D eigenvalue weighted by molar-refractivity contribution is -0.137. The Balaban J connectivity index is 1.44. The summed E-state index contributed by atoms with van der Waals surface area (Å²) in [6.45, 7) is 4.80. The number of benzene rings is 2. The molecule has 1 unspecified atom stereocenters. The molecule has 0 spiro atoms. The number of carboxylic acids is 1. The van der Waals surface area contributed by atoms with E-state index in [9.17, 15) is 4.79 Å². The summed E-state index contributed by atoms with van der Waals surface area (Å²) in [5, 5.41) is 14.5. The molecule has 4 rings (SSSR count). The van der Waals surface area contributed by atoms with Gasteiger partial charge in [-0.3, -0.25) is 19.4 Å². The first-order chi connectivity index (χ1) is 15.0. The number of aliphatic carboxylic acids is 1. The molecule has 0 bridgehead atoms. The van der Waals surface area contributed by atoms with Crippen molar-refractivity contribution in [2.75, 3.05) is 0 Å². The third-order valence-corrected chi connectivity index (χ3v) is 5.19. The van der Waals surface area contributed by atoms with Crippen LogP contribution in [0.5, 0.6) is 5.75 Å². The maximum Gasteiger partial charge on any atom is 0.303 e. The van der Waals surface area contributed by atoms with E-state index in [-0.39, 0.29) is 12.3 Å². The van der Waals surface area contributed by atoms with E-state index in [4.69, 9.17) is 9.84 Å². The third kappa shape index (κ3) is 5.06. The first-order valence-electron chi connectivity index (χ1n) is 10.1. The standard InChI is InChI=1S/C24H24N4O3/c1-16(9-24(29)30)19-5-7-22(8-6-19)31-15-18-3-4-20-12-27-28(23(20)10-18)14-21-13-25-17(2)11-26-21/h3-8,10-13,16H,9,14-15H2,1-2H3,(H,29,30). The lowest BCUT2D eigenvalue weighted by Gasteiger charge is -2.11. The zero-order valence-corrected chi connectivity index (χ0v) is 17.5. The number of nitrogens with zero attached hydrogens (tertiary/aromatic N) is 4. The van der Waals surface area contributed by atoms with E-state index in [1.54, 1.807) is 12.4 Å². The van der Waals surface area contributed by atoms with Gasteiger partial charge in [-0.2, -0.15) is 5.10 Å². The largest absolute Gasteiger partial charge is 0.489 e. The van der Waals surface area contributed by atoms with E-state index < -0.39 is 5.97 Å². The van der Waals surface area contributed by atoms with Gasteiger partial charge in [0, 0.05) is 11.6 Å². The van der Waals surface area contributed by atoms with Gasteiger partial charge >= 0.3 is 5.97 Å². The Labute approximate surface area is 180 Å². The van der Waals surface area contributed by atoms with Crippen LogP contribution in [0.1, 0.15) is 41.8 Å². The van der Waals surface area contributed by atoms with Crippen LogP contribution >= 0.6 is 0 Å². The summed E-state index contributed by atoms with van der Waals surface area (Å²) in [6.07, 6.45) is 5.49. The number of rotatable bonds is 8. The molecule has 1 N–H and O–H groups in total. The molecule has 2 aromatic carbocycles. The molecular formula is C24H24N4O3. The molecule has 0 fully saturated rings. The summed E-state index contributed by atoms with van der Waals surface area (Å²) in [7, 11) is 0. The van der Waals surface area contributed by atoms with Gasteiger partial charge in [0.15, 0.2) is 0 Å². The second-order valence-electron chi connectivity index (χ2n) is 7.70. The summed E-state index contributed by atoms with van der Waals surface area (Å²) >= 11 is 0. The molecule has 158 valence electrons. The van der Waals surface area contributed by atoms with Gasteiger partial charge in [0.2, 0.25) is 0 Å². The minimum Gasteiger partial charge on any atom is -0.489 e. The third-order valence-electron chi connectivity index (χ3n) is 5.19. The van der Waals surface area contributed by atoms with Crippen LogP contribution in [0.15, 0.2) is 61.1 Å². The van der Waals surface area contributed by atoms with Gasteiger partial charge in [0.25, 0.3) is 0 Å². The maximum absolute atomic E-state index is 10.9. The maximum atomic E-state index is 10.9. The van der Waals surface area contributed by atoms with Crippen molar-refractivity contribution in [3.05, 3.63) is 83.6 Å². The fourth-order valence-corrected chi connectivity index (χ4v) is 3.43. The number of hydrogen-bond acceptors (Lipinski definition) is 5. The smallest absolute Gasteiger partial charge is 0.303 e. The monoisotopic (exact) mass is 416 g/mol. The van der Waals surface area contributed by atoms with Gasteiger partial charge in [-0.15, -0.1) is 0 Å². The predicted octanol–water partition coefficient (Wildman–Crippen LogP) is 4.34. The predicted molar refractivity (Wildman–Crippen MR) is 117 cm³/mol. The Morgan fingerprint density at radius 1 is 1.10 bits per heavy atom. The van der Waals surface area contributed by atoms with Crippen LogP contribution in [-0.4, -0.2) is 30.8 Å². The zero-order chi connectivity index (χ0) is 21.8.